The number of rotatable bonds is 7. The summed E-state index contributed by atoms with van der Waals surface area (Å²) in [6.07, 6.45) is 3.56. The van der Waals surface area contributed by atoms with Crippen LogP contribution < -0.4 is 5.32 Å². The van der Waals surface area contributed by atoms with E-state index in [0.717, 1.165) is 24.2 Å². The van der Waals surface area contributed by atoms with E-state index in [9.17, 15) is 14.4 Å². The third-order valence-electron chi connectivity index (χ3n) is 5.42. The van der Waals surface area contributed by atoms with E-state index in [1.807, 2.05) is 11.6 Å². The van der Waals surface area contributed by atoms with Crippen LogP contribution in [-0.4, -0.2) is 53.8 Å². The van der Waals surface area contributed by atoms with Gasteiger partial charge in [0.15, 0.2) is 5.78 Å². The first-order valence-corrected chi connectivity index (χ1v) is 11.2. The zero-order valence-electron chi connectivity index (χ0n) is 18.8. The Morgan fingerprint density at radius 3 is 2.59 bits per heavy atom. The van der Waals surface area contributed by atoms with Crippen molar-refractivity contribution in [2.45, 2.75) is 52.5 Å². The molecule has 3 rings (SSSR count). The van der Waals surface area contributed by atoms with Gasteiger partial charge in [0.25, 0.3) is 5.91 Å². The minimum atomic E-state index is -0.425. The maximum absolute atomic E-state index is 12.8. The summed E-state index contributed by atoms with van der Waals surface area (Å²) in [5.41, 5.74) is 3.35. The van der Waals surface area contributed by atoms with Crippen LogP contribution in [-0.2, 0) is 28.9 Å². The standard InChI is InChI=1S/C24H31N3O5/c1-3-20-22-21(7-4-14-31-15-5-12-25-23(22)29)27(26-20)13-6-16-32-24(30)19-10-8-18(9-11-19)17(2)28/h8-11H,3-7,12-16H2,1-2H3,(H,25,29). The van der Waals surface area contributed by atoms with Crippen LogP contribution in [0.2, 0.25) is 0 Å². The summed E-state index contributed by atoms with van der Waals surface area (Å²) < 4.78 is 12.9. The molecule has 8 nitrogen and oxygen atoms in total. The lowest BCUT2D eigenvalue weighted by atomic mass is 10.1. The van der Waals surface area contributed by atoms with Gasteiger partial charge in [0.05, 0.1) is 29.1 Å². The highest BCUT2D eigenvalue weighted by molar-refractivity contribution is 5.97. The van der Waals surface area contributed by atoms with Gasteiger partial charge in [-0.3, -0.25) is 14.3 Å². The Hall–Kier alpha value is -3.00. The van der Waals surface area contributed by atoms with Crippen molar-refractivity contribution in [3.05, 3.63) is 52.3 Å². The van der Waals surface area contributed by atoms with Crippen LogP contribution in [0.1, 0.15) is 75.6 Å². The predicted molar refractivity (Wildman–Crippen MR) is 119 cm³/mol. The molecule has 172 valence electrons. The van der Waals surface area contributed by atoms with E-state index in [0.29, 0.717) is 62.3 Å². The monoisotopic (exact) mass is 441 g/mol. The van der Waals surface area contributed by atoms with Gasteiger partial charge in [0, 0.05) is 38.3 Å². The van der Waals surface area contributed by atoms with E-state index in [2.05, 4.69) is 10.4 Å². The molecule has 0 bridgehead atoms. The van der Waals surface area contributed by atoms with E-state index in [1.165, 1.54) is 6.92 Å². The number of aryl methyl sites for hydroxylation is 2. The predicted octanol–water partition coefficient (Wildman–Crippen LogP) is 2.98. The second kappa shape index (κ2) is 11.6. The number of benzene rings is 1. The molecule has 0 saturated carbocycles. The number of esters is 1. The molecule has 1 aliphatic heterocycles. The third-order valence-corrected chi connectivity index (χ3v) is 5.42. The fraction of sp³-hybridized carbons (Fsp3) is 0.500. The summed E-state index contributed by atoms with van der Waals surface area (Å²) in [5.74, 6) is -0.552. The van der Waals surface area contributed by atoms with Crippen molar-refractivity contribution >= 4 is 17.7 Å². The van der Waals surface area contributed by atoms with E-state index < -0.39 is 5.97 Å². The minimum absolute atomic E-state index is 0.0485. The maximum atomic E-state index is 12.8. The largest absolute Gasteiger partial charge is 0.462 e. The molecule has 0 saturated heterocycles. The molecule has 0 unspecified atom stereocenters. The molecular weight excluding hydrogens is 410 g/mol. The normalized spacial score (nSPS) is 14.8. The summed E-state index contributed by atoms with van der Waals surface area (Å²) in [4.78, 5) is 36.4. The molecule has 1 aliphatic rings. The van der Waals surface area contributed by atoms with E-state index in [-0.39, 0.29) is 18.3 Å². The summed E-state index contributed by atoms with van der Waals surface area (Å²) in [6.45, 7) is 6.14. The van der Waals surface area contributed by atoms with Crippen molar-refractivity contribution in [3.63, 3.8) is 0 Å². The smallest absolute Gasteiger partial charge is 0.338 e. The van der Waals surface area contributed by atoms with E-state index >= 15 is 0 Å². The summed E-state index contributed by atoms with van der Waals surface area (Å²) >= 11 is 0. The molecule has 2 aromatic rings. The zero-order valence-corrected chi connectivity index (χ0v) is 18.8. The van der Waals surface area contributed by atoms with Crippen molar-refractivity contribution in [1.29, 1.82) is 0 Å². The van der Waals surface area contributed by atoms with Crippen LogP contribution in [0, 0.1) is 0 Å². The Balaban J connectivity index is 1.62. The summed E-state index contributed by atoms with van der Waals surface area (Å²) in [7, 11) is 0. The number of hydrogen-bond donors (Lipinski definition) is 1. The Morgan fingerprint density at radius 2 is 1.88 bits per heavy atom. The number of hydrogen-bond acceptors (Lipinski definition) is 6. The highest BCUT2D eigenvalue weighted by Gasteiger charge is 2.22. The Morgan fingerprint density at radius 1 is 1.16 bits per heavy atom. The van der Waals surface area contributed by atoms with Crippen molar-refractivity contribution in [2.75, 3.05) is 26.4 Å². The van der Waals surface area contributed by atoms with Crippen molar-refractivity contribution < 1.29 is 23.9 Å². The highest BCUT2D eigenvalue weighted by Crippen LogP contribution is 2.19. The van der Waals surface area contributed by atoms with Gasteiger partial charge in [-0.2, -0.15) is 5.10 Å². The fourth-order valence-electron chi connectivity index (χ4n) is 3.71. The SMILES string of the molecule is CCc1nn(CCCOC(=O)c2ccc(C(C)=O)cc2)c2c1C(=O)NCCCOCCC2. The number of carbonyl (C=O) groups excluding carboxylic acids is 3. The molecule has 0 radical (unpaired) electrons. The number of nitrogens with zero attached hydrogens (tertiary/aromatic N) is 2. The van der Waals surface area contributed by atoms with Gasteiger partial charge in [0.1, 0.15) is 0 Å². The molecule has 8 heteroatoms. The van der Waals surface area contributed by atoms with Crippen LogP contribution in [0.5, 0.6) is 0 Å². The Kier molecular flexibility index (Phi) is 8.56. The quantitative estimate of drug-likeness (QED) is 0.403. The van der Waals surface area contributed by atoms with Gasteiger partial charge >= 0.3 is 5.97 Å². The number of ether oxygens (including phenoxy) is 2. The third kappa shape index (κ3) is 6.03. The van der Waals surface area contributed by atoms with Gasteiger partial charge < -0.3 is 14.8 Å². The first kappa shape index (κ1) is 23.7. The molecule has 0 aliphatic carbocycles. The molecule has 2 heterocycles. The molecule has 32 heavy (non-hydrogen) atoms. The first-order valence-electron chi connectivity index (χ1n) is 11.2. The Bertz CT molecular complexity index is 949. The van der Waals surface area contributed by atoms with E-state index in [1.54, 1.807) is 24.3 Å². The van der Waals surface area contributed by atoms with Crippen LogP contribution >= 0.6 is 0 Å². The topological polar surface area (TPSA) is 99.5 Å². The molecule has 0 atom stereocenters. The van der Waals surface area contributed by atoms with Gasteiger partial charge in [-0.25, -0.2) is 4.79 Å². The second-order valence-electron chi connectivity index (χ2n) is 7.79. The number of fused-ring (bicyclic) bond motifs is 1. The molecule has 0 fully saturated rings. The summed E-state index contributed by atoms with van der Waals surface area (Å²) in [6, 6.07) is 6.43. The number of Topliss-reactive ketones (excluding diaryl/α,β-unsaturated/α-hetero) is 1. The van der Waals surface area contributed by atoms with Gasteiger partial charge in [0.2, 0.25) is 0 Å². The average molecular weight is 442 g/mol. The number of ketones is 1. The van der Waals surface area contributed by atoms with Crippen LogP contribution in [0.3, 0.4) is 0 Å². The van der Waals surface area contributed by atoms with Crippen LogP contribution in [0.25, 0.3) is 0 Å². The summed E-state index contributed by atoms with van der Waals surface area (Å²) in [5, 5.41) is 7.65. The number of amides is 1. The minimum Gasteiger partial charge on any atom is -0.462 e. The molecule has 1 aromatic heterocycles. The first-order chi connectivity index (χ1) is 15.5. The number of nitrogens with one attached hydrogen (secondary N) is 1. The number of aromatic nitrogens is 2. The van der Waals surface area contributed by atoms with Crippen molar-refractivity contribution in [2.24, 2.45) is 0 Å². The lowest BCUT2D eigenvalue weighted by Crippen LogP contribution is -2.26. The van der Waals surface area contributed by atoms with Crippen LogP contribution in [0.15, 0.2) is 24.3 Å². The fourth-order valence-corrected chi connectivity index (χ4v) is 3.71. The zero-order chi connectivity index (χ0) is 22.9. The van der Waals surface area contributed by atoms with Gasteiger partial charge in [-0.1, -0.05) is 19.1 Å². The van der Waals surface area contributed by atoms with Crippen molar-refractivity contribution in [3.8, 4) is 0 Å². The Labute approximate surface area is 188 Å². The van der Waals surface area contributed by atoms with Crippen LogP contribution in [0.4, 0.5) is 0 Å². The number of carbonyl (C=O) groups is 3. The highest BCUT2D eigenvalue weighted by atomic mass is 16.5. The average Bonchev–Trinajstić information content (AvgIpc) is 3.13. The van der Waals surface area contributed by atoms with Gasteiger partial charge in [-0.05, 0) is 44.7 Å². The molecular formula is C24H31N3O5. The van der Waals surface area contributed by atoms with Gasteiger partial charge in [-0.15, -0.1) is 0 Å². The molecule has 0 spiro atoms. The lowest BCUT2D eigenvalue weighted by molar-refractivity contribution is 0.0494. The molecule has 1 amide bonds. The second-order valence-corrected chi connectivity index (χ2v) is 7.79. The lowest BCUT2D eigenvalue weighted by Gasteiger charge is -2.10. The van der Waals surface area contributed by atoms with E-state index in [4.69, 9.17) is 9.47 Å². The molecule has 1 aromatic carbocycles. The molecule has 1 N–H and O–H groups in total. The maximum Gasteiger partial charge on any atom is 0.338 e. The van der Waals surface area contributed by atoms with Crippen molar-refractivity contribution in [1.82, 2.24) is 15.1 Å².